The molecule has 152 valence electrons. The van der Waals surface area contributed by atoms with Crippen LogP contribution in [0.2, 0.25) is 0 Å². The molecule has 2 aromatic heterocycles. The van der Waals surface area contributed by atoms with Crippen LogP contribution in [-0.4, -0.2) is 33.4 Å². The average Bonchev–Trinajstić information content (AvgIpc) is 3.40. The van der Waals surface area contributed by atoms with Crippen molar-refractivity contribution in [2.24, 2.45) is 0 Å². The fourth-order valence-corrected chi connectivity index (χ4v) is 3.28. The van der Waals surface area contributed by atoms with Crippen LogP contribution in [0.1, 0.15) is 30.4 Å². The average molecular weight is 400 g/mol. The summed E-state index contributed by atoms with van der Waals surface area (Å²) >= 11 is 0. The maximum atomic E-state index is 11.3. The number of benzene rings is 1. The van der Waals surface area contributed by atoms with Crippen LogP contribution in [0.4, 0.5) is 5.69 Å². The van der Waals surface area contributed by atoms with Crippen molar-refractivity contribution in [2.45, 2.75) is 33.0 Å². The van der Waals surface area contributed by atoms with E-state index in [-0.39, 0.29) is 19.1 Å². The number of fused-ring (bicyclic) bond motifs is 1. The first-order valence-corrected chi connectivity index (χ1v) is 9.23. The van der Waals surface area contributed by atoms with Crippen molar-refractivity contribution in [3.05, 3.63) is 57.7 Å². The lowest BCUT2D eigenvalue weighted by Crippen LogP contribution is -2.25. The molecular weight excluding hydrogens is 380 g/mol. The zero-order valence-corrected chi connectivity index (χ0v) is 15.9. The maximum Gasteiger partial charge on any atom is 0.283 e. The van der Waals surface area contributed by atoms with Gasteiger partial charge in [-0.15, -0.1) is 10.2 Å². The zero-order chi connectivity index (χ0) is 20.2. The van der Waals surface area contributed by atoms with Crippen molar-refractivity contribution in [3.63, 3.8) is 0 Å². The zero-order valence-electron chi connectivity index (χ0n) is 15.9. The Kier molecular flexibility index (Phi) is 5.54. The molecule has 0 saturated carbocycles. The fourth-order valence-electron chi connectivity index (χ4n) is 3.28. The number of rotatable bonds is 8. The molecule has 29 heavy (non-hydrogen) atoms. The summed E-state index contributed by atoms with van der Waals surface area (Å²) < 4.78 is 21.9. The minimum atomic E-state index is -0.407. The molecule has 0 aliphatic carbocycles. The van der Waals surface area contributed by atoms with Gasteiger partial charge in [-0.05, 0) is 25.1 Å². The number of furan rings is 1. The molecule has 10 nitrogen and oxygen atoms in total. The van der Waals surface area contributed by atoms with E-state index in [0.717, 1.165) is 18.5 Å². The third-order valence-corrected chi connectivity index (χ3v) is 4.47. The van der Waals surface area contributed by atoms with Crippen molar-refractivity contribution in [1.82, 2.24) is 15.1 Å². The Bertz CT molecular complexity index is 985. The molecule has 3 aromatic rings. The minimum Gasteiger partial charge on any atom is -0.467 e. The molecule has 0 saturated heterocycles. The van der Waals surface area contributed by atoms with Crippen LogP contribution < -0.4 is 4.74 Å². The van der Waals surface area contributed by atoms with Crippen LogP contribution in [0.5, 0.6) is 5.75 Å². The first-order chi connectivity index (χ1) is 14.1. The number of nitro benzene ring substituents is 1. The lowest BCUT2D eigenvalue weighted by molar-refractivity contribution is -0.385. The molecular formula is C19H20N4O6. The summed E-state index contributed by atoms with van der Waals surface area (Å²) in [5.74, 6) is 1.90. The highest BCUT2D eigenvalue weighted by Crippen LogP contribution is 2.33. The van der Waals surface area contributed by atoms with Crippen LogP contribution in [0, 0.1) is 10.1 Å². The second kappa shape index (κ2) is 8.41. The van der Waals surface area contributed by atoms with E-state index < -0.39 is 4.92 Å². The molecule has 4 rings (SSSR count). The Hall–Kier alpha value is -3.24. The Balaban J connectivity index is 1.57. The quantitative estimate of drug-likeness (QED) is 0.413. The van der Waals surface area contributed by atoms with Gasteiger partial charge < -0.3 is 18.3 Å². The monoisotopic (exact) mass is 400 g/mol. The molecule has 0 spiro atoms. The van der Waals surface area contributed by atoms with Crippen molar-refractivity contribution in [3.8, 4) is 17.4 Å². The van der Waals surface area contributed by atoms with Gasteiger partial charge in [0.15, 0.2) is 12.6 Å². The van der Waals surface area contributed by atoms with Gasteiger partial charge in [0.1, 0.15) is 5.75 Å². The molecule has 10 heteroatoms. The Morgan fingerprint density at radius 2 is 2.17 bits per heavy atom. The molecule has 0 bridgehead atoms. The summed E-state index contributed by atoms with van der Waals surface area (Å²) in [6, 6.07) is 6.54. The van der Waals surface area contributed by atoms with Crippen molar-refractivity contribution in [1.29, 1.82) is 0 Å². The third kappa shape index (κ3) is 4.28. The van der Waals surface area contributed by atoms with Gasteiger partial charge in [0.25, 0.3) is 11.6 Å². The van der Waals surface area contributed by atoms with E-state index in [1.54, 1.807) is 18.2 Å². The summed E-state index contributed by atoms with van der Waals surface area (Å²) in [6.07, 6.45) is 2.43. The largest absolute Gasteiger partial charge is 0.467 e. The van der Waals surface area contributed by atoms with Gasteiger partial charge in [-0.3, -0.25) is 15.0 Å². The Morgan fingerprint density at radius 1 is 1.28 bits per heavy atom. The molecule has 0 amide bonds. The molecule has 0 atom stereocenters. The third-order valence-electron chi connectivity index (χ3n) is 4.47. The SMILES string of the molecule is CCCN(Cc1nnc(-c2ccco2)o1)Cc1cc([N+](=O)[O-])cc2c1OCOC2. The fraction of sp³-hybridized carbons (Fsp3) is 0.368. The molecule has 0 fully saturated rings. The summed E-state index contributed by atoms with van der Waals surface area (Å²) in [5, 5.41) is 19.4. The minimum absolute atomic E-state index is 0.0159. The van der Waals surface area contributed by atoms with E-state index in [2.05, 4.69) is 22.0 Å². The van der Waals surface area contributed by atoms with Crippen LogP contribution >= 0.6 is 0 Å². The molecule has 0 unspecified atom stereocenters. The number of hydrogen-bond donors (Lipinski definition) is 0. The summed E-state index contributed by atoms with van der Waals surface area (Å²) in [7, 11) is 0. The number of nitro groups is 1. The van der Waals surface area contributed by atoms with Gasteiger partial charge in [-0.2, -0.15) is 0 Å². The van der Waals surface area contributed by atoms with E-state index in [1.807, 2.05) is 0 Å². The second-order valence-electron chi connectivity index (χ2n) is 6.65. The van der Waals surface area contributed by atoms with Gasteiger partial charge >= 0.3 is 0 Å². The number of nitrogens with zero attached hydrogens (tertiary/aromatic N) is 4. The Morgan fingerprint density at radius 3 is 2.93 bits per heavy atom. The normalized spacial score (nSPS) is 13.3. The summed E-state index contributed by atoms with van der Waals surface area (Å²) in [6.45, 7) is 4.05. The maximum absolute atomic E-state index is 11.3. The first kappa shape index (κ1) is 19.1. The van der Waals surface area contributed by atoms with Crippen LogP contribution in [-0.2, 0) is 24.4 Å². The topological polar surface area (TPSA) is 117 Å². The van der Waals surface area contributed by atoms with E-state index in [4.69, 9.17) is 18.3 Å². The number of ether oxygens (including phenoxy) is 2. The van der Waals surface area contributed by atoms with Gasteiger partial charge in [-0.25, -0.2) is 0 Å². The molecule has 1 aromatic carbocycles. The number of non-ortho nitro benzene ring substituents is 1. The summed E-state index contributed by atoms with van der Waals surface area (Å²) in [4.78, 5) is 13.0. The molecule has 1 aliphatic rings. The highest BCUT2D eigenvalue weighted by atomic mass is 16.7. The predicted octanol–water partition coefficient (Wildman–Crippen LogP) is 3.52. The lowest BCUT2D eigenvalue weighted by Gasteiger charge is -2.24. The van der Waals surface area contributed by atoms with Gasteiger partial charge in [0.05, 0.1) is 24.3 Å². The van der Waals surface area contributed by atoms with Crippen molar-refractivity contribution >= 4 is 5.69 Å². The molecule has 3 heterocycles. The van der Waals surface area contributed by atoms with Crippen LogP contribution in [0.3, 0.4) is 0 Å². The summed E-state index contributed by atoms with van der Waals surface area (Å²) in [5.41, 5.74) is 1.42. The highest BCUT2D eigenvalue weighted by Gasteiger charge is 2.23. The van der Waals surface area contributed by atoms with Crippen molar-refractivity contribution in [2.75, 3.05) is 13.3 Å². The van der Waals surface area contributed by atoms with E-state index in [1.165, 1.54) is 12.3 Å². The molecule has 1 aliphatic heterocycles. The van der Waals surface area contributed by atoms with E-state index in [9.17, 15) is 10.1 Å². The second-order valence-corrected chi connectivity index (χ2v) is 6.65. The van der Waals surface area contributed by atoms with E-state index >= 15 is 0 Å². The van der Waals surface area contributed by atoms with Crippen LogP contribution in [0.15, 0.2) is 39.4 Å². The lowest BCUT2D eigenvalue weighted by atomic mass is 10.1. The van der Waals surface area contributed by atoms with Gasteiger partial charge in [0, 0.05) is 29.8 Å². The number of hydrogen-bond acceptors (Lipinski definition) is 9. The first-order valence-electron chi connectivity index (χ1n) is 9.23. The van der Waals surface area contributed by atoms with Crippen molar-refractivity contribution < 1.29 is 23.2 Å². The van der Waals surface area contributed by atoms with Gasteiger partial charge in [0.2, 0.25) is 5.89 Å². The molecule has 0 radical (unpaired) electrons. The smallest absolute Gasteiger partial charge is 0.283 e. The predicted molar refractivity (Wildman–Crippen MR) is 99.8 cm³/mol. The molecule has 0 N–H and O–H groups in total. The van der Waals surface area contributed by atoms with E-state index in [0.29, 0.717) is 41.9 Å². The number of aromatic nitrogens is 2. The van der Waals surface area contributed by atoms with Crippen LogP contribution in [0.25, 0.3) is 11.7 Å². The standard InChI is InChI=1S/C19H20N4O6/c1-2-5-22(10-17-20-21-19(29-17)16-4-3-6-27-16)9-13-7-15(23(24)25)8-14-11-26-12-28-18(13)14/h3-4,6-8H,2,5,9-12H2,1H3. The Labute approximate surface area is 166 Å². The highest BCUT2D eigenvalue weighted by molar-refractivity contribution is 5.50. The van der Waals surface area contributed by atoms with Gasteiger partial charge in [-0.1, -0.05) is 6.92 Å².